The van der Waals surface area contributed by atoms with E-state index in [0.717, 1.165) is 56.0 Å². The first-order valence-corrected chi connectivity index (χ1v) is 11.7. The van der Waals surface area contributed by atoms with Crippen molar-refractivity contribution in [3.05, 3.63) is 30.5 Å². The summed E-state index contributed by atoms with van der Waals surface area (Å²) in [6.07, 6.45) is 12.4. The Morgan fingerprint density at radius 1 is 1.04 bits per heavy atom. The Bertz CT molecular complexity index is 920. The van der Waals surface area contributed by atoms with Gasteiger partial charge in [-0.1, -0.05) is 0 Å². The van der Waals surface area contributed by atoms with Gasteiger partial charge in [0.15, 0.2) is 5.82 Å². The SMILES string of the molecule is Cn1ccnc1-c1nccnc1C[C@@H]1CCN(C2CCN(S(C)(=O)=O)CC2)C1. The second-order valence-electron chi connectivity index (χ2n) is 7.96. The van der Waals surface area contributed by atoms with Gasteiger partial charge in [0, 0.05) is 57.5 Å². The maximum Gasteiger partial charge on any atom is 0.211 e. The summed E-state index contributed by atoms with van der Waals surface area (Å²) in [6, 6.07) is 0.485. The number of hydrogen-bond acceptors (Lipinski definition) is 6. The van der Waals surface area contributed by atoms with E-state index in [0.29, 0.717) is 25.0 Å². The number of imidazole rings is 1. The summed E-state index contributed by atoms with van der Waals surface area (Å²) in [5, 5.41) is 0. The normalized spacial score (nSPS) is 22.7. The maximum atomic E-state index is 11.7. The first-order chi connectivity index (χ1) is 13.4. The fourth-order valence-corrected chi connectivity index (χ4v) is 5.34. The molecule has 2 aromatic heterocycles. The van der Waals surface area contributed by atoms with Crippen LogP contribution in [0.25, 0.3) is 11.5 Å². The lowest BCUT2D eigenvalue weighted by Gasteiger charge is -2.35. The van der Waals surface area contributed by atoms with Crippen LogP contribution in [0.15, 0.2) is 24.8 Å². The predicted octanol–water partition coefficient (Wildman–Crippen LogP) is 1.17. The summed E-state index contributed by atoms with van der Waals surface area (Å²) in [5.74, 6) is 1.40. The smallest absolute Gasteiger partial charge is 0.211 e. The number of nitrogens with zero attached hydrogens (tertiary/aromatic N) is 6. The van der Waals surface area contributed by atoms with Gasteiger partial charge in [0.05, 0.1) is 11.9 Å². The molecular formula is C19H28N6O2S. The van der Waals surface area contributed by atoms with Gasteiger partial charge < -0.3 is 4.57 Å². The van der Waals surface area contributed by atoms with Crippen LogP contribution in [-0.2, 0) is 23.5 Å². The fraction of sp³-hybridized carbons (Fsp3) is 0.632. The van der Waals surface area contributed by atoms with Crippen molar-refractivity contribution >= 4 is 10.0 Å². The Morgan fingerprint density at radius 3 is 2.46 bits per heavy atom. The van der Waals surface area contributed by atoms with Gasteiger partial charge in [-0.3, -0.25) is 9.88 Å². The molecule has 2 saturated heterocycles. The predicted molar refractivity (Wildman–Crippen MR) is 107 cm³/mol. The van der Waals surface area contributed by atoms with Gasteiger partial charge in [0.2, 0.25) is 10.0 Å². The molecule has 0 saturated carbocycles. The second-order valence-corrected chi connectivity index (χ2v) is 9.94. The summed E-state index contributed by atoms with van der Waals surface area (Å²) >= 11 is 0. The number of aromatic nitrogens is 4. The number of hydrogen-bond donors (Lipinski definition) is 0. The molecule has 0 aliphatic carbocycles. The van der Waals surface area contributed by atoms with E-state index >= 15 is 0 Å². The highest BCUT2D eigenvalue weighted by atomic mass is 32.2. The van der Waals surface area contributed by atoms with E-state index < -0.39 is 10.0 Å². The van der Waals surface area contributed by atoms with Crippen molar-refractivity contribution < 1.29 is 8.42 Å². The molecule has 1 atom stereocenters. The first kappa shape index (κ1) is 19.5. The minimum absolute atomic E-state index is 0.485. The average molecular weight is 405 g/mol. The summed E-state index contributed by atoms with van der Waals surface area (Å²) in [4.78, 5) is 16.1. The van der Waals surface area contributed by atoms with Gasteiger partial charge in [0.1, 0.15) is 5.69 Å². The third kappa shape index (κ3) is 4.11. The zero-order valence-electron chi connectivity index (χ0n) is 16.5. The Labute approximate surface area is 166 Å². The van der Waals surface area contributed by atoms with E-state index in [-0.39, 0.29) is 0 Å². The molecule has 2 aromatic rings. The Morgan fingerprint density at radius 2 is 1.79 bits per heavy atom. The summed E-state index contributed by atoms with van der Waals surface area (Å²) < 4.78 is 27.0. The van der Waals surface area contributed by atoms with Gasteiger partial charge >= 0.3 is 0 Å². The lowest BCUT2D eigenvalue weighted by atomic mass is 10.0. The molecule has 0 aromatic carbocycles. The van der Waals surface area contributed by atoms with Gasteiger partial charge in [-0.25, -0.2) is 22.7 Å². The Hall–Kier alpha value is -1.84. The van der Waals surface area contributed by atoms with Crippen LogP contribution in [0.2, 0.25) is 0 Å². The molecule has 0 bridgehead atoms. The van der Waals surface area contributed by atoms with E-state index in [1.165, 1.54) is 6.26 Å². The van der Waals surface area contributed by atoms with Crippen LogP contribution in [0.5, 0.6) is 0 Å². The highest BCUT2D eigenvalue weighted by Gasteiger charge is 2.33. The molecule has 8 nitrogen and oxygen atoms in total. The van der Waals surface area contributed by atoms with Gasteiger partial charge in [-0.05, 0) is 38.1 Å². The molecule has 2 fully saturated rings. The number of aryl methyl sites for hydroxylation is 1. The van der Waals surface area contributed by atoms with Crippen LogP contribution in [0.3, 0.4) is 0 Å². The standard InChI is InChI=1S/C19H28N6O2S/c1-23-12-8-22-19(23)18-17(20-6-7-21-18)13-15-3-9-24(14-15)16-4-10-25(11-5-16)28(2,26)27/h6-8,12,15-16H,3-5,9-11,13-14H2,1-2H3/t15-/m0/s1. The molecule has 0 radical (unpaired) electrons. The first-order valence-electron chi connectivity index (χ1n) is 9.88. The van der Waals surface area contributed by atoms with Crippen molar-refractivity contribution in [3.63, 3.8) is 0 Å². The van der Waals surface area contributed by atoms with Gasteiger partial charge in [-0.2, -0.15) is 0 Å². The van der Waals surface area contributed by atoms with Crippen molar-refractivity contribution in [1.82, 2.24) is 28.7 Å². The zero-order chi connectivity index (χ0) is 19.7. The van der Waals surface area contributed by atoms with Crippen LogP contribution in [-0.4, -0.2) is 75.6 Å². The minimum atomic E-state index is -3.06. The van der Waals surface area contributed by atoms with Crippen molar-refractivity contribution in [2.75, 3.05) is 32.4 Å². The second kappa shape index (κ2) is 7.88. The van der Waals surface area contributed by atoms with E-state index in [4.69, 9.17) is 0 Å². The van der Waals surface area contributed by atoms with E-state index in [2.05, 4.69) is 19.9 Å². The maximum absolute atomic E-state index is 11.7. The van der Waals surface area contributed by atoms with Crippen molar-refractivity contribution in [1.29, 1.82) is 0 Å². The summed E-state index contributed by atoms with van der Waals surface area (Å²) in [7, 11) is -1.09. The van der Waals surface area contributed by atoms with E-state index in [1.54, 1.807) is 22.9 Å². The monoisotopic (exact) mass is 404 g/mol. The Kier molecular flexibility index (Phi) is 5.48. The largest absolute Gasteiger partial charge is 0.333 e. The number of sulfonamides is 1. The molecule has 0 amide bonds. The summed E-state index contributed by atoms with van der Waals surface area (Å²) in [6.45, 7) is 3.39. The third-order valence-corrected chi connectivity index (χ3v) is 7.32. The lowest BCUT2D eigenvalue weighted by Crippen LogP contribution is -2.45. The van der Waals surface area contributed by atoms with Crippen LogP contribution >= 0.6 is 0 Å². The van der Waals surface area contributed by atoms with E-state index in [9.17, 15) is 8.42 Å². The van der Waals surface area contributed by atoms with Crippen molar-refractivity contribution in [3.8, 4) is 11.5 Å². The number of rotatable bonds is 5. The quantitative estimate of drug-likeness (QED) is 0.744. The molecule has 4 heterocycles. The molecule has 0 spiro atoms. The summed E-state index contributed by atoms with van der Waals surface area (Å²) in [5.41, 5.74) is 1.88. The van der Waals surface area contributed by atoms with Crippen LogP contribution in [0.4, 0.5) is 0 Å². The molecular weight excluding hydrogens is 376 g/mol. The lowest BCUT2D eigenvalue weighted by molar-refractivity contribution is 0.163. The molecule has 0 N–H and O–H groups in total. The van der Waals surface area contributed by atoms with Gasteiger partial charge in [-0.15, -0.1) is 0 Å². The number of likely N-dealkylation sites (tertiary alicyclic amines) is 1. The van der Waals surface area contributed by atoms with E-state index in [1.807, 2.05) is 17.8 Å². The molecule has 0 unspecified atom stereocenters. The van der Waals surface area contributed by atoms with Crippen molar-refractivity contribution in [2.24, 2.45) is 13.0 Å². The minimum Gasteiger partial charge on any atom is -0.333 e. The molecule has 152 valence electrons. The Balaban J connectivity index is 1.38. The molecule has 2 aliphatic rings. The molecule has 2 aliphatic heterocycles. The molecule has 4 rings (SSSR count). The highest BCUT2D eigenvalue weighted by Crippen LogP contribution is 2.28. The fourth-order valence-electron chi connectivity index (χ4n) is 4.47. The van der Waals surface area contributed by atoms with Crippen LogP contribution in [0.1, 0.15) is 25.0 Å². The average Bonchev–Trinajstić information content (AvgIpc) is 3.31. The highest BCUT2D eigenvalue weighted by molar-refractivity contribution is 7.88. The zero-order valence-corrected chi connectivity index (χ0v) is 17.3. The van der Waals surface area contributed by atoms with Gasteiger partial charge in [0.25, 0.3) is 0 Å². The molecule has 28 heavy (non-hydrogen) atoms. The third-order valence-electron chi connectivity index (χ3n) is 6.02. The van der Waals surface area contributed by atoms with Crippen LogP contribution in [0, 0.1) is 5.92 Å². The van der Waals surface area contributed by atoms with Crippen LogP contribution < -0.4 is 0 Å². The topological polar surface area (TPSA) is 84.2 Å². The molecule has 9 heteroatoms. The van der Waals surface area contributed by atoms with Crippen molar-refractivity contribution in [2.45, 2.75) is 31.7 Å². The number of piperidine rings is 1.